The molecule has 0 radical (unpaired) electrons. The fourth-order valence-electron chi connectivity index (χ4n) is 3.57. The third-order valence-electron chi connectivity index (χ3n) is 4.73. The first-order valence-electron chi connectivity index (χ1n) is 8.36. The number of rotatable bonds is 3. The standard InChI is InChI=1S/C17H26N2O2/c20-17(19-10-3-1-2-4-11-19)15-7-5-9-18(13-15)14-16-8-6-12-21-16/h6,8,12,15H,1-5,7,9-11,13-14H2/t15-/m0/s1. The molecule has 0 N–H and O–H groups in total. The molecule has 0 saturated carbocycles. The van der Waals surface area contributed by atoms with Gasteiger partial charge in [0.15, 0.2) is 0 Å². The summed E-state index contributed by atoms with van der Waals surface area (Å²) in [7, 11) is 0. The predicted octanol–water partition coefficient (Wildman–Crippen LogP) is 2.89. The first kappa shape index (κ1) is 14.6. The molecule has 0 spiro atoms. The summed E-state index contributed by atoms with van der Waals surface area (Å²) in [6.45, 7) is 4.72. The van der Waals surface area contributed by atoms with Crippen molar-refractivity contribution in [1.82, 2.24) is 9.80 Å². The third kappa shape index (κ3) is 3.88. The molecule has 4 nitrogen and oxygen atoms in total. The van der Waals surface area contributed by atoms with Crippen LogP contribution in [-0.4, -0.2) is 41.9 Å². The van der Waals surface area contributed by atoms with E-state index in [0.717, 1.165) is 51.3 Å². The van der Waals surface area contributed by atoms with Crippen LogP contribution in [0.4, 0.5) is 0 Å². The topological polar surface area (TPSA) is 36.7 Å². The van der Waals surface area contributed by atoms with E-state index in [1.54, 1.807) is 6.26 Å². The summed E-state index contributed by atoms with van der Waals surface area (Å²) in [5.74, 6) is 1.57. The molecule has 2 saturated heterocycles. The van der Waals surface area contributed by atoms with E-state index in [0.29, 0.717) is 5.91 Å². The van der Waals surface area contributed by atoms with Crippen molar-refractivity contribution in [1.29, 1.82) is 0 Å². The van der Waals surface area contributed by atoms with E-state index in [-0.39, 0.29) is 5.92 Å². The molecule has 0 aromatic carbocycles. The normalized spacial score (nSPS) is 24.8. The molecule has 116 valence electrons. The van der Waals surface area contributed by atoms with Crippen LogP contribution in [0, 0.1) is 5.92 Å². The summed E-state index contributed by atoms with van der Waals surface area (Å²) in [5, 5.41) is 0. The zero-order chi connectivity index (χ0) is 14.5. The Morgan fingerprint density at radius 2 is 1.95 bits per heavy atom. The number of hydrogen-bond donors (Lipinski definition) is 0. The lowest BCUT2D eigenvalue weighted by Crippen LogP contribution is -2.44. The van der Waals surface area contributed by atoms with Gasteiger partial charge in [0, 0.05) is 19.6 Å². The Balaban J connectivity index is 1.55. The summed E-state index contributed by atoms with van der Waals surface area (Å²) in [5.41, 5.74) is 0. The SMILES string of the molecule is O=C([C@H]1CCCN(Cc2ccco2)C1)N1CCCCCC1. The second-order valence-corrected chi connectivity index (χ2v) is 6.39. The van der Waals surface area contributed by atoms with Gasteiger partial charge in [0.25, 0.3) is 0 Å². The minimum absolute atomic E-state index is 0.187. The molecule has 3 rings (SSSR count). The van der Waals surface area contributed by atoms with Gasteiger partial charge in [-0.15, -0.1) is 0 Å². The first-order chi connectivity index (χ1) is 10.3. The number of likely N-dealkylation sites (tertiary alicyclic amines) is 2. The van der Waals surface area contributed by atoms with Gasteiger partial charge in [0.05, 0.1) is 18.7 Å². The van der Waals surface area contributed by atoms with Crippen molar-refractivity contribution < 1.29 is 9.21 Å². The lowest BCUT2D eigenvalue weighted by atomic mass is 9.96. The summed E-state index contributed by atoms with van der Waals surface area (Å²) in [6, 6.07) is 3.94. The van der Waals surface area contributed by atoms with Crippen molar-refractivity contribution in [2.45, 2.75) is 45.1 Å². The van der Waals surface area contributed by atoms with Crippen LogP contribution in [-0.2, 0) is 11.3 Å². The van der Waals surface area contributed by atoms with E-state index in [4.69, 9.17) is 4.42 Å². The summed E-state index contributed by atoms with van der Waals surface area (Å²) >= 11 is 0. The highest BCUT2D eigenvalue weighted by Gasteiger charge is 2.29. The Labute approximate surface area is 127 Å². The van der Waals surface area contributed by atoms with Gasteiger partial charge in [-0.05, 0) is 44.4 Å². The minimum atomic E-state index is 0.187. The van der Waals surface area contributed by atoms with Gasteiger partial charge < -0.3 is 9.32 Å². The molecule has 1 atom stereocenters. The lowest BCUT2D eigenvalue weighted by Gasteiger charge is -2.34. The van der Waals surface area contributed by atoms with Gasteiger partial charge >= 0.3 is 0 Å². The van der Waals surface area contributed by atoms with Crippen molar-refractivity contribution in [3.8, 4) is 0 Å². The Kier molecular flexibility index (Phi) is 4.96. The number of hydrogen-bond acceptors (Lipinski definition) is 3. The Bertz CT molecular complexity index is 436. The molecule has 21 heavy (non-hydrogen) atoms. The van der Waals surface area contributed by atoms with Gasteiger partial charge in [-0.3, -0.25) is 9.69 Å². The zero-order valence-electron chi connectivity index (χ0n) is 12.8. The number of piperidine rings is 1. The second kappa shape index (κ2) is 7.12. The molecule has 1 aromatic rings. The number of furan rings is 1. The molecular formula is C17H26N2O2. The number of nitrogens with zero attached hydrogens (tertiary/aromatic N) is 2. The van der Waals surface area contributed by atoms with E-state index < -0.39 is 0 Å². The quantitative estimate of drug-likeness (QED) is 0.859. The molecule has 0 aliphatic carbocycles. The highest BCUT2D eigenvalue weighted by Crippen LogP contribution is 2.22. The smallest absolute Gasteiger partial charge is 0.226 e. The van der Waals surface area contributed by atoms with E-state index in [9.17, 15) is 4.79 Å². The van der Waals surface area contributed by atoms with Crippen LogP contribution in [0.2, 0.25) is 0 Å². The highest BCUT2D eigenvalue weighted by atomic mass is 16.3. The number of carbonyl (C=O) groups excluding carboxylic acids is 1. The highest BCUT2D eigenvalue weighted by molar-refractivity contribution is 5.79. The molecule has 1 amide bonds. The van der Waals surface area contributed by atoms with E-state index >= 15 is 0 Å². The van der Waals surface area contributed by atoms with Crippen molar-refractivity contribution in [3.63, 3.8) is 0 Å². The monoisotopic (exact) mass is 290 g/mol. The van der Waals surface area contributed by atoms with Crippen molar-refractivity contribution in [2.24, 2.45) is 5.92 Å². The fraction of sp³-hybridized carbons (Fsp3) is 0.706. The average molecular weight is 290 g/mol. The van der Waals surface area contributed by atoms with Gasteiger partial charge in [-0.1, -0.05) is 12.8 Å². The van der Waals surface area contributed by atoms with Gasteiger partial charge in [0.1, 0.15) is 5.76 Å². The lowest BCUT2D eigenvalue weighted by molar-refractivity contribution is -0.137. The molecule has 4 heteroatoms. The van der Waals surface area contributed by atoms with Crippen LogP contribution in [0.1, 0.15) is 44.3 Å². The summed E-state index contributed by atoms with van der Waals surface area (Å²) in [4.78, 5) is 17.2. The van der Waals surface area contributed by atoms with Gasteiger partial charge in [0.2, 0.25) is 5.91 Å². The van der Waals surface area contributed by atoms with E-state index in [1.165, 1.54) is 25.7 Å². The van der Waals surface area contributed by atoms with E-state index in [1.807, 2.05) is 12.1 Å². The van der Waals surface area contributed by atoms with Crippen LogP contribution in [0.3, 0.4) is 0 Å². The predicted molar refractivity (Wildman–Crippen MR) is 81.8 cm³/mol. The van der Waals surface area contributed by atoms with Crippen LogP contribution in [0.15, 0.2) is 22.8 Å². The van der Waals surface area contributed by atoms with Crippen LogP contribution in [0.25, 0.3) is 0 Å². The molecule has 2 aliphatic heterocycles. The fourth-order valence-corrected chi connectivity index (χ4v) is 3.57. The summed E-state index contributed by atoms with van der Waals surface area (Å²) in [6.07, 6.45) is 8.79. The maximum atomic E-state index is 12.7. The summed E-state index contributed by atoms with van der Waals surface area (Å²) < 4.78 is 5.43. The average Bonchev–Trinajstić information content (AvgIpc) is 2.87. The van der Waals surface area contributed by atoms with Crippen LogP contribution in [0.5, 0.6) is 0 Å². The molecule has 0 unspecified atom stereocenters. The third-order valence-corrected chi connectivity index (χ3v) is 4.73. The Morgan fingerprint density at radius 1 is 1.14 bits per heavy atom. The zero-order valence-corrected chi connectivity index (χ0v) is 12.8. The minimum Gasteiger partial charge on any atom is -0.468 e. The van der Waals surface area contributed by atoms with Crippen molar-refractivity contribution in [3.05, 3.63) is 24.2 Å². The van der Waals surface area contributed by atoms with Crippen molar-refractivity contribution >= 4 is 5.91 Å². The number of carbonyl (C=O) groups is 1. The largest absolute Gasteiger partial charge is 0.468 e. The molecule has 2 aliphatic rings. The van der Waals surface area contributed by atoms with Crippen LogP contribution < -0.4 is 0 Å². The van der Waals surface area contributed by atoms with Crippen LogP contribution >= 0.6 is 0 Å². The van der Waals surface area contributed by atoms with E-state index in [2.05, 4.69) is 9.80 Å². The molecule has 1 aromatic heterocycles. The number of amides is 1. The molecular weight excluding hydrogens is 264 g/mol. The van der Waals surface area contributed by atoms with Gasteiger partial charge in [-0.25, -0.2) is 0 Å². The second-order valence-electron chi connectivity index (χ2n) is 6.39. The van der Waals surface area contributed by atoms with Gasteiger partial charge in [-0.2, -0.15) is 0 Å². The Hall–Kier alpha value is -1.29. The first-order valence-corrected chi connectivity index (χ1v) is 8.36. The van der Waals surface area contributed by atoms with Crippen molar-refractivity contribution in [2.75, 3.05) is 26.2 Å². The maximum Gasteiger partial charge on any atom is 0.226 e. The molecule has 2 fully saturated rings. The maximum absolute atomic E-state index is 12.7. The Morgan fingerprint density at radius 3 is 2.67 bits per heavy atom. The molecule has 0 bridgehead atoms. The molecule has 3 heterocycles.